The highest BCUT2D eigenvalue weighted by Gasteiger charge is 2.26. The number of hydrogen-bond donors (Lipinski definition) is 1. The molecule has 1 aliphatic rings. The molecule has 0 atom stereocenters. The van der Waals surface area contributed by atoms with E-state index >= 15 is 0 Å². The van der Waals surface area contributed by atoms with Crippen LogP contribution in [0.2, 0.25) is 0 Å². The fraction of sp³-hybridized carbons (Fsp3) is 0.286. The van der Waals surface area contributed by atoms with Gasteiger partial charge in [-0.05, 0) is 52.8 Å². The first kappa shape index (κ1) is 16.3. The lowest BCUT2D eigenvalue weighted by atomic mass is 9.91. The summed E-state index contributed by atoms with van der Waals surface area (Å²) in [6.07, 6.45) is 1.88. The van der Waals surface area contributed by atoms with Crippen LogP contribution in [0.3, 0.4) is 0 Å². The van der Waals surface area contributed by atoms with E-state index in [1.807, 2.05) is 36.4 Å². The molecular formula is C21H22O3. The molecule has 0 spiro atoms. The van der Waals surface area contributed by atoms with Gasteiger partial charge in [-0.15, -0.1) is 0 Å². The minimum atomic E-state index is -0.316. The number of esters is 1. The lowest BCUT2D eigenvalue weighted by molar-refractivity contribution is 0.0717. The zero-order chi connectivity index (χ0) is 17.4. The summed E-state index contributed by atoms with van der Waals surface area (Å²) >= 11 is 0. The molecule has 0 fully saturated rings. The highest BCUT2D eigenvalue weighted by Crippen LogP contribution is 2.37. The van der Waals surface area contributed by atoms with Crippen LogP contribution in [0.25, 0.3) is 11.8 Å². The van der Waals surface area contributed by atoms with Crippen LogP contribution in [-0.2, 0) is 4.74 Å². The average molecular weight is 322 g/mol. The Morgan fingerprint density at radius 2 is 1.50 bits per heavy atom. The standard InChI is InChI=1S/C21H22O3/c1-12(2)17-9-14(10-18(13(3)4)20(17)22)11-19-15-7-5-6-8-16(15)21(23)24-19/h5-13,22H,1-4H3/b19-11+. The van der Waals surface area contributed by atoms with Gasteiger partial charge in [0.15, 0.2) is 0 Å². The van der Waals surface area contributed by atoms with Crippen LogP contribution in [0.15, 0.2) is 36.4 Å². The van der Waals surface area contributed by atoms with E-state index in [1.165, 1.54) is 0 Å². The molecule has 1 heterocycles. The highest BCUT2D eigenvalue weighted by molar-refractivity contribution is 6.05. The number of cyclic esters (lactones) is 1. The van der Waals surface area contributed by atoms with E-state index in [4.69, 9.17) is 4.74 Å². The fourth-order valence-electron chi connectivity index (χ4n) is 3.01. The Balaban J connectivity index is 2.13. The van der Waals surface area contributed by atoms with Crippen molar-refractivity contribution in [3.63, 3.8) is 0 Å². The Hall–Kier alpha value is -2.55. The van der Waals surface area contributed by atoms with Gasteiger partial charge in [-0.3, -0.25) is 0 Å². The molecule has 124 valence electrons. The van der Waals surface area contributed by atoms with Crippen molar-refractivity contribution in [2.75, 3.05) is 0 Å². The molecule has 0 aliphatic carbocycles. The van der Waals surface area contributed by atoms with Crippen molar-refractivity contribution in [3.05, 3.63) is 64.2 Å². The van der Waals surface area contributed by atoms with Crippen molar-refractivity contribution in [2.24, 2.45) is 0 Å². The lowest BCUT2D eigenvalue weighted by Crippen LogP contribution is -1.97. The van der Waals surface area contributed by atoms with Gasteiger partial charge in [0, 0.05) is 5.56 Å². The van der Waals surface area contributed by atoms with Crippen molar-refractivity contribution in [3.8, 4) is 5.75 Å². The third-order valence-electron chi connectivity index (χ3n) is 4.35. The third kappa shape index (κ3) is 2.82. The summed E-state index contributed by atoms with van der Waals surface area (Å²) in [5.41, 5.74) is 4.15. The topological polar surface area (TPSA) is 46.5 Å². The second-order valence-corrected chi connectivity index (χ2v) is 6.80. The molecule has 2 aromatic carbocycles. The number of aromatic hydroxyl groups is 1. The van der Waals surface area contributed by atoms with Crippen LogP contribution < -0.4 is 0 Å². The molecule has 3 nitrogen and oxygen atoms in total. The molecular weight excluding hydrogens is 300 g/mol. The van der Waals surface area contributed by atoms with Crippen molar-refractivity contribution < 1.29 is 14.6 Å². The van der Waals surface area contributed by atoms with Crippen molar-refractivity contribution in [1.29, 1.82) is 0 Å². The number of carbonyl (C=O) groups is 1. The number of ether oxygens (including phenoxy) is 1. The number of phenolic OH excluding ortho intramolecular Hbond substituents is 1. The number of phenols is 1. The number of carbonyl (C=O) groups excluding carboxylic acids is 1. The molecule has 1 N–H and O–H groups in total. The van der Waals surface area contributed by atoms with Gasteiger partial charge >= 0.3 is 5.97 Å². The fourth-order valence-corrected chi connectivity index (χ4v) is 3.01. The molecule has 3 rings (SSSR count). The van der Waals surface area contributed by atoms with E-state index in [1.54, 1.807) is 6.07 Å². The zero-order valence-corrected chi connectivity index (χ0v) is 14.5. The van der Waals surface area contributed by atoms with Gasteiger partial charge in [0.2, 0.25) is 0 Å². The Morgan fingerprint density at radius 1 is 0.958 bits per heavy atom. The maximum absolute atomic E-state index is 12.0. The molecule has 0 aromatic heterocycles. The lowest BCUT2D eigenvalue weighted by Gasteiger charge is -2.16. The smallest absolute Gasteiger partial charge is 0.344 e. The summed E-state index contributed by atoms with van der Waals surface area (Å²) in [6.45, 7) is 8.23. The van der Waals surface area contributed by atoms with Crippen LogP contribution in [0.1, 0.15) is 72.1 Å². The second kappa shape index (κ2) is 6.16. The number of rotatable bonds is 3. The number of fused-ring (bicyclic) bond motifs is 1. The summed E-state index contributed by atoms with van der Waals surface area (Å²) in [4.78, 5) is 12.0. The van der Waals surface area contributed by atoms with Crippen molar-refractivity contribution in [2.45, 2.75) is 39.5 Å². The summed E-state index contributed by atoms with van der Waals surface area (Å²) in [5.74, 6) is 1.03. The third-order valence-corrected chi connectivity index (χ3v) is 4.35. The minimum absolute atomic E-state index is 0.208. The number of hydrogen-bond acceptors (Lipinski definition) is 3. The van der Waals surface area contributed by atoms with E-state index in [0.717, 1.165) is 22.3 Å². The van der Waals surface area contributed by atoms with Crippen LogP contribution in [0.4, 0.5) is 0 Å². The SMILES string of the molecule is CC(C)c1cc(/C=C2/OC(=O)c3ccccc32)cc(C(C)C)c1O. The molecule has 0 saturated carbocycles. The molecule has 0 bridgehead atoms. The first-order valence-corrected chi connectivity index (χ1v) is 8.28. The molecule has 0 unspecified atom stereocenters. The van der Waals surface area contributed by atoms with Gasteiger partial charge in [-0.1, -0.05) is 45.9 Å². The molecule has 0 amide bonds. The normalized spacial score (nSPS) is 15.2. The Bertz CT molecular complexity index is 800. The van der Waals surface area contributed by atoms with Crippen LogP contribution in [-0.4, -0.2) is 11.1 Å². The van der Waals surface area contributed by atoms with E-state index < -0.39 is 0 Å². The Kier molecular flexibility index (Phi) is 4.18. The summed E-state index contributed by atoms with van der Waals surface area (Å²) < 4.78 is 5.43. The molecule has 1 aliphatic heterocycles. The molecule has 0 radical (unpaired) electrons. The monoisotopic (exact) mass is 322 g/mol. The minimum Gasteiger partial charge on any atom is -0.507 e. The number of benzene rings is 2. The summed E-state index contributed by atoms with van der Waals surface area (Å²) in [7, 11) is 0. The summed E-state index contributed by atoms with van der Waals surface area (Å²) in [5, 5.41) is 10.5. The summed E-state index contributed by atoms with van der Waals surface area (Å²) in [6, 6.07) is 11.3. The van der Waals surface area contributed by atoms with E-state index in [2.05, 4.69) is 27.7 Å². The molecule has 0 saturated heterocycles. The first-order valence-electron chi connectivity index (χ1n) is 8.28. The Morgan fingerprint density at radius 3 is 2.04 bits per heavy atom. The Labute approximate surface area is 142 Å². The average Bonchev–Trinajstić information content (AvgIpc) is 2.85. The van der Waals surface area contributed by atoms with Gasteiger partial charge in [-0.25, -0.2) is 4.79 Å². The zero-order valence-electron chi connectivity index (χ0n) is 14.5. The predicted molar refractivity (Wildman–Crippen MR) is 96.0 cm³/mol. The molecule has 2 aromatic rings. The van der Waals surface area contributed by atoms with Crippen LogP contribution in [0, 0.1) is 0 Å². The van der Waals surface area contributed by atoms with Crippen molar-refractivity contribution in [1.82, 2.24) is 0 Å². The van der Waals surface area contributed by atoms with E-state index in [-0.39, 0.29) is 17.8 Å². The second-order valence-electron chi connectivity index (χ2n) is 6.80. The van der Waals surface area contributed by atoms with Crippen LogP contribution in [0.5, 0.6) is 5.75 Å². The van der Waals surface area contributed by atoms with E-state index in [9.17, 15) is 9.90 Å². The molecule has 24 heavy (non-hydrogen) atoms. The quantitative estimate of drug-likeness (QED) is 0.779. The van der Waals surface area contributed by atoms with Gasteiger partial charge < -0.3 is 9.84 Å². The maximum atomic E-state index is 12.0. The molecule has 3 heteroatoms. The highest BCUT2D eigenvalue weighted by atomic mass is 16.5. The van der Waals surface area contributed by atoms with Gasteiger partial charge in [0.1, 0.15) is 11.5 Å². The maximum Gasteiger partial charge on any atom is 0.344 e. The van der Waals surface area contributed by atoms with Crippen molar-refractivity contribution >= 4 is 17.8 Å². The largest absolute Gasteiger partial charge is 0.507 e. The van der Waals surface area contributed by atoms with Gasteiger partial charge in [0.25, 0.3) is 0 Å². The van der Waals surface area contributed by atoms with Gasteiger partial charge in [0.05, 0.1) is 5.56 Å². The first-order chi connectivity index (χ1) is 11.4. The van der Waals surface area contributed by atoms with Gasteiger partial charge in [-0.2, -0.15) is 0 Å². The predicted octanol–water partition coefficient (Wildman–Crippen LogP) is 5.31. The van der Waals surface area contributed by atoms with Crippen LogP contribution >= 0.6 is 0 Å². The van der Waals surface area contributed by atoms with E-state index in [0.29, 0.717) is 17.1 Å².